The van der Waals surface area contributed by atoms with Crippen LogP contribution in [0.25, 0.3) is 10.6 Å². The summed E-state index contributed by atoms with van der Waals surface area (Å²) in [6.07, 6.45) is 0. The zero-order chi connectivity index (χ0) is 13.3. The van der Waals surface area contributed by atoms with Gasteiger partial charge in [0.25, 0.3) is 0 Å². The van der Waals surface area contributed by atoms with Crippen molar-refractivity contribution >= 4 is 17.3 Å². The van der Waals surface area contributed by atoms with Crippen LogP contribution in [0.2, 0.25) is 0 Å². The lowest BCUT2D eigenvalue weighted by Crippen LogP contribution is -1.94. The highest BCUT2D eigenvalue weighted by atomic mass is 32.1. The van der Waals surface area contributed by atoms with E-state index in [1.807, 2.05) is 12.1 Å². The molecular formula is C14H15NO2S. The van der Waals surface area contributed by atoms with Crippen molar-refractivity contribution in [3.63, 3.8) is 0 Å². The molecule has 18 heavy (non-hydrogen) atoms. The Kier molecular flexibility index (Phi) is 3.48. The Morgan fingerprint density at radius 2 is 1.89 bits per heavy atom. The van der Waals surface area contributed by atoms with Crippen molar-refractivity contribution < 1.29 is 9.90 Å². The lowest BCUT2D eigenvalue weighted by molar-refractivity contribution is 0.0701. The van der Waals surface area contributed by atoms with Gasteiger partial charge in [-0.05, 0) is 18.4 Å². The molecule has 0 amide bonds. The fourth-order valence-corrected chi connectivity index (χ4v) is 2.64. The minimum absolute atomic E-state index is 0.318. The number of carbonyl (C=O) groups is 1. The van der Waals surface area contributed by atoms with Crippen LogP contribution in [0.15, 0.2) is 24.3 Å². The largest absolute Gasteiger partial charge is 0.477 e. The number of hydrogen-bond acceptors (Lipinski definition) is 3. The first-order valence-electron chi connectivity index (χ1n) is 5.80. The van der Waals surface area contributed by atoms with Crippen LogP contribution >= 0.6 is 11.3 Å². The van der Waals surface area contributed by atoms with Crippen LogP contribution in [-0.4, -0.2) is 16.1 Å². The summed E-state index contributed by atoms with van der Waals surface area (Å²) in [4.78, 5) is 15.6. The topological polar surface area (TPSA) is 50.2 Å². The Morgan fingerprint density at radius 1 is 1.28 bits per heavy atom. The summed E-state index contributed by atoms with van der Waals surface area (Å²) >= 11 is 1.22. The van der Waals surface area contributed by atoms with Crippen molar-refractivity contribution in [3.05, 3.63) is 40.4 Å². The number of carboxylic acid groups (broad SMARTS) is 1. The predicted octanol–water partition coefficient (Wildman–Crippen LogP) is 3.94. The van der Waals surface area contributed by atoms with Gasteiger partial charge in [0.15, 0.2) is 0 Å². The number of rotatable bonds is 3. The SMILES string of the molecule is Cc1nc(-c2ccc(C(C)C)cc2)sc1C(=O)O. The monoisotopic (exact) mass is 261 g/mol. The van der Waals surface area contributed by atoms with Crippen molar-refractivity contribution in [2.24, 2.45) is 0 Å². The van der Waals surface area contributed by atoms with Gasteiger partial charge >= 0.3 is 5.97 Å². The van der Waals surface area contributed by atoms with Gasteiger partial charge in [-0.25, -0.2) is 9.78 Å². The molecule has 1 N–H and O–H groups in total. The summed E-state index contributed by atoms with van der Waals surface area (Å²) in [6, 6.07) is 8.13. The molecular weight excluding hydrogens is 246 g/mol. The van der Waals surface area contributed by atoms with Gasteiger partial charge in [0.05, 0.1) is 5.69 Å². The minimum atomic E-state index is -0.907. The quantitative estimate of drug-likeness (QED) is 0.910. The van der Waals surface area contributed by atoms with Gasteiger partial charge in [0.2, 0.25) is 0 Å². The third-order valence-corrected chi connectivity index (χ3v) is 4.01. The van der Waals surface area contributed by atoms with Crippen molar-refractivity contribution in [2.75, 3.05) is 0 Å². The lowest BCUT2D eigenvalue weighted by Gasteiger charge is -2.05. The zero-order valence-corrected chi connectivity index (χ0v) is 11.4. The molecule has 1 aromatic heterocycles. The number of aromatic carboxylic acids is 1. The summed E-state index contributed by atoms with van der Waals surface area (Å²) in [5, 5.41) is 9.78. The molecule has 0 fully saturated rings. The van der Waals surface area contributed by atoms with Crippen molar-refractivity contribution in [1.82, 2.24) is 4.98 Å². The van der Waals surface area contributed by atoms with E-state index in [2.05, 4.69) is 31.0 Å². The molecule has 0 unspecified atom stereocenters. The number of aryl methyl sites for hydroxylation is 1. The van der Waals surface area contributed by atoms with Crippen LogP contribution in [-0.2, 0) is 0 Å². The maximum absolute atomic E-state index is 11.0. The number of aromatic nitrogens is 1. The molecule has 0 saturated heterocycles. The molecule has 0 spiro atoms. The van der Waals surface area contributed by atoms with E-state index in [1.54, 1.807) is 6.92 Å². The first-order chi connectivity index (χ1) is 8.49. The lowest BCUT2D eigenvalue weighted by atomic mass is 10.0. The Morgan fingerprint density at radius 3 is 2.33 bits per heavy atom. The molecule has 0 aliphatic heterocycles. The molecule has 0 atom stereocenters. The van der Waals surface area contributed by atoms with Crippen LogP contribution in [0.4, 0.5) is 0 Å². The molecule has 0 aliphatic rings. The van der Waals surface area contributed by atoms with Gasteiger partial charge in [-0.3, -0.25) is 0 Å². The van der Waals surface area contributed by atoms with Crippen LogP contribution in [0.3, 0.4) is 0 Å². The average molecular weight is 261 g/mol. The molecule has 3 nitrogen and oxygen atoms in total. The van der Waals surface area contributed by atoms with Gasteiger partial charge in [0.1, 0.15) is 9.88 Å². The minimum Gasteiger partial charge on any atom is -0.477 e. The highest BCUT2D eigenvalue weighted by Crippen LogP contribution is 2.29. The molecule has 1 heterocycles. The molecule has 1 aromatic carbocycles. The van der Waals surface area contributed by atoms with E-state index < -0.39 is 5.97 Å². The van der Waals surface area contributed by atoms with Crippen molar-refractivity contribution in [1.29, 1.82) is 0 Å². The van der Waals surface area contributed by atoms with Crippen LogP contribution < -0.4 is 0 Å². The second kappa shape index (κ2) is 4.90. The van der Waals surface area contributed by atoms with Crippen molar-refractivity contribution in [3.8, 4) is 10.6 Å². The summed E-state index contributed by atoms with van der Waals surface area (Å²) in [7, 11) is 0. The van der Waals surface area contributed by atoms with Gasteiger partial charge in [0, 0.05) is 5.56 Å². The van der Waals surface area contributed by atoms with E-state index >= 15 is 0 Å². The number of carboxylic acids is 1. The second-order valence-electron chi connectivity index (χ2n) is 4.52. The van der Waals surface area contributed by atoms with E-state index in [1.165, 1.54) is 16.9 Å². The Balaban J connectivity index is 2.37. The fourth-order valence-electron chi connectivity index (χ4n) is 1.73. The highest BCUT2D eigenvalue weighted by Gasteiger charge is 2.14. The van der Waals surface area contributed by atoms with Gasteiger partial charge in [-0.1, -0.05) is 38.1 Å². The summed E-state index contributed by atoms with van der Waals surface area (Å²) in [5.41, 5.74) is 2.82. The van der Waals surface area contributed by atoms with E-state index in [0.717, 1.165) is 10.6 Å². The van der Waals surface area contributed by atoms with Crippen LogP contribution in [0, 0.1) is 6.92 Å². The molecule has 0 saturated carbocycles. The molecule has 2 aromatic rings. The molecule has 4 heteroatoms. The third-order valence-electron chi connectivity index (χ3n) is 2.82. The standard InChI is InChI=1S/C14H15NO2S/c1-8(2)10-4-6-11(7-5-10)13-15-9(3)12(18-13)14(16)17/h4-8H,1-3H3,(H,16,17). The number of hydrogen-bond donors (Lipinski definition) is 1. The number of thiazole rings is 1. The third kappa shape index (κ3) is 2.43. The van der Waals surface area contributed by atoms with Crippen LogP contribution in [0.1, 0.15) is 40.7 Å². The first kappa shape index (κ1) is 12.8. The maximum Gasteiger partial charge on any atom is 0.347 e. The van der Waals surface area contributed by atoms with Gasteiger partial charge in [-0.15, -0.1) is 11.3 Å². The van der Waals surface area contributed by atoms with Gasteiger partial charge < -0.3 is 5.11 Å². The highest BCUT2D eigenvalue weighted by molar-refractivity contribution is 7.17. The van der Waals surface area contributed by atoms with E-state index in [4.69, 9.17) is 5.11 Å². The van der Waals surface area contributed by atoms with E-state index in [9.17, 15) is 4.79 Å². The van der Waals surface area contributed by atoms with E-state index in [-0.39, 0.29) is 0 Å². The number of nitrogens with zero attached hydrogens (tertiary/aromatic N) is 1. The predicted molar refractivity (Wildman–Crippen MR) is 73.3 cm³/mol. The summed E-state index contributed by atoms with van der Waals surface area (Å²) in [5.74, 6) is -0.415. The van der Waals surface area contributed by atoms with Crippen molar-refractivity contribution in [2.45, 2.75) is 26.7 Å². The molecule has 0 aliphatic carbocycles. The average Bonchev–Trinajstić information content (AvgIpc) is 2.71. The summed E-state index contributed by atoms with van der Waals surface area (Å²) < 4.78 is 0. The smallest absolute Gasteiger partial charge is 0.347 e. The first-order valence-corrected chi connectivity index (χ1v) is 6.61. The Hall–Kier alpha value is -1.68. The maximum atomic E-state index is 11.0. The fraction of sp³-hybridized carbons (Fsp3) is 0.286. The second-order valence-corrected chi connectivity index (χ2v) is 5.51. The molecule has 0 radical (unpaired) electrons. The Bertz CT molecular complexity index is 570. The Labute approximate surface area is 110 Å². The summed E-state index contributed by atoms with van der Waals surface area (Å²) in [6.45, 7) is 6.02. The molecule has 0 bridgehead atoms. The van der Waals surface area contributed by atoms with Gasteiger partial charge in [-0.2, -0.15) is 0 Å². The molecule has 94 valence electrons. The zero-order valence-electron chi connectivity index (χ0n) is 10.6. The normalized spacial score (nSPS) is 10.9. The van der Waals surface area contributed by atoms with E-state index in [0.29, 0.717) is 16.5 Å². The molecule has 2 rings (SSSR count). The van der Waals surface area contributed by atoms with Crippen LogP contribution in [0.5, 0.6) is 0 Å². The number of benzene rings is 1.